The Morgan fingerprint density at radius 1 is 1.04 bits per heavy atom. The summed E-state index contributed by atoms with van der Waals surface area (Å²) in [4.78, 5) is 46.9. The largest absolute Gasteiger partial charge is 0.466 e. The summed E-state index contributed by atoms with van der Waals surface area (Å²) in [6, 6.07) is 3.92. The number of likely N-dealkylation sites (tertiary alicyclic amines) is 1. The van der Waals surface area contributed by atoms with Crippen LogP contribution in [0.4, 0.5) is 13.2 Å². The van der Waals surface area contributed by atoms with Gasteiger partial charge in [0.1, 0.15) is 29.0 Å². The number of halogens is 3. The van der Waals surface area contributed by atoms with Crippen molar-refractivity contribution in [1.29, 1.82) is 0 Å². The molecule has 1 aromatic heterocycles. The number of nitrogens with one attached hydrogen (secondary N) is 1. The quantitative estimate of drug-likeness (QED) is 0.212. The van der Waals surface area contributed by atoms with Crippen molar-refractivity contribution >= 4 is 11.9 Å². The third kappa shape index (κ3) is 8.72. The lowest BCUT2D eigenvalue weighted by atomic mass is 9.90. The van der Waals surface area contributed by atoms with Gasteiger partial charge in [-0.15, -0.1) is 0 Å². The van der Waals surface area contributed by atoms with Gasteiger partial charge >= 0.3 is 5.97 Å². The average molecular weight is 669 g/mol. The minimum Gasteiger partial charge on any atom is -0.466 e. The molecular formula is C37H47F3N4O4. The number of hydrogen-bond donors (Lipinski definition) is 1. The van der Waals surface area contributed by atoms with Gasteiger partial charge in [0.25, 0.3) is 5.56 Å². The first-order valence-corrected chi connectivity index (χ1v) is 16.5. The van der Waals surface area contributed by atoms with E-state index >= 15 is 4.39 Å². The van der Waals surface area contributed by atoms with Crippen molar-refractivity contribution in [2.75, 3.05) is 26.2 Å². The monoisotopic (exact) mass is 668 g/mol. The van der Waals surface area contributed by atoms with Gasteiger partial charge in [-0.25, -0.2) is 13.2 Å². The molecule has 1 aliphatic heterocycles. The minimum atomic E-state index is -1.21. The second kappa shape index (κ2) is 15.1. The van der Waals surface area contributed by atoms with Gasteiger partial charge in [0.2, 0.25) is 5.91 Å². The Bertz CT molecular complexity index is 1710. The van der Waals surface area contributed by atoms with E-state index in [0.29, 0.717) is 48.4 Å². The lowest BCUT2D eigenvalue weighted by Crippen LogP contribution is -2.57. The van der Waals surface area contributed by atoms with Gasteiger partial charge in [0.15, 0.2) is 0 Å². The summed E-state index contributed by atoms with van der Waals surface area (Å²) in [5.74, 6) is -2.19. The molecule has 1 amide bonds. The van der Waals surface area contributed by atoms with E-state index in [9.17, 15) is 23.2 Å². The van der Waals surface area contributed by atoms with Crippen LogP contribution >= 0.6 is 0 Å². The lowest BCUT2D eigenvalue weighted by Gasteiger charge is -2.42. The van der Waals surface area contributed by atoms with Crippen molar-refractivity contribution in [1.82, 2.24) is 19.8 Å². The van der Waals surface area contributed by atoms with E-state index in [2.05, 4.69) is 10.3 Å². The number of nitrogens with zero attached hydrogens (tertiary/aromatic N) is 3. The number of hydrogen-bond acceptors (Lipinski definition) is 6. The summed E-state index contributed by atoms with van der Waals surface area (Å²) in [7, 11) is 0. The number of carbonyl (C=O) groups is 2. The maximum absolute atomic E-state index is 16.0. The topological polar surface area (TPSA) is 93.5 Å². The molecule has 1 fully saturated rings. The van der Waals surface area contributed by atoms with Gasteiger partial charge in [-0.3, -0.25) is 28.8 Å². The molecule has 2 heterocycles. The highest BCUT2D eigenvalue weighted by Gasteiger charge is 2.38. The van der Waals surface area contributed by atoms with Crippen LogP contribution in [0.3, 0.4) is 0 Å². The highest BCUT2D eigenvalue weighted by Crippen LogP contribution is 2.34. The molecule has 0 saturated carbocycles. The normalized spacial score (nSPS) is 15.6. The molecule has 0 aliphatic carbocycles. The van der Waals surface area contributed by atoms with Gasteiger partial charge in [0, 0.05) is 37.8 Å². The van der Waals surface area contributed by atoms with Crippen molar-refractivity contribution in [2.45, 2.75) is 92.4 Å². The number of carbonyl (C=O) groups excluding carboxylic acids is 2. The van der Waals surface area contributed by atoms with Crippen LogP contribution in [-0.2, 0) is 20.7 Å². The minimum absolute atomic E-state index is 0.0110. The third-order valence-electron chi connectivity index (χ3n) is 8.70. The van der Waals surface area contributed by atoms with E-state index in [4.69, 9.17) is 4.74 Å². The summed E-state index contributed by atoms with van der Waals surface area (Å²) in [5, 5.41) is 2.89. The summed E-state index contributed by atoms with van der Waals surface area (Å²) >= 11 is 0. The lowest BCUT2D eigenvalue weighted by molar-refractivity contribution is -0.144. The number of esters is 1. The van der Waals surface area contributed by atoms with Crippen LogP contribution in [0.5, 0.6) is 0 Å². The van der Waals surface area contributed by atoms with Gasteiger partial charge in [0.05, 0.1) is 24.8 Å². The van der Waals surface area contributed by atoms with Crippen LogP contribution in [0.25, 0.3) is 11.1 Å². The second-order valence-corrected chi connectivity index (χ2v) is 13.7. The fraction of sp³-hybridized carbons (Fsp3) is 0.514. The predicted octanol–water partition coefficient (Wildman–Crippen LogP) is 6.41. The zero-order valence-corrected chi connectivity index (χ0v) is 29.2. The molecule has 4 rings (SSSR count). The molecule has 0 unspecified atom stereocenters. The molecule has 3 aromatic rings. The second-order valence-electron chi connectivity index (χ2n) is 13.7. The first-order chi connectivity index (χ1) is 22.5. The van der Waals surface area contributed by atoms with Crippen molar-refractivity contribution in [3.05, 3.63) is 86.1 Å². The molecule has 0 bridgehead atoms. The van der Waals surface area contributed by atoms with Crippen LogP contribution in [0.15, 0.2) is 35.3 Å². The van der Waals surface area contributed by atoms with E-state index in [0.717, 1.165) is 5.56 Å². The van der Waals surface area contributed by atoms with E-state index in [-0.39, 0.29) is 48.0 Å². The van der Waals surface area contributed by atoms with Crippen molar-refractivity contribution < 1.29 is 27.5 Å². The zero-order valence-electron chi connectivity index (χ0n) is 29.2. The van der Waals surface area contributed by atoms with Crippen LogP contribution < -0.4 is 10.9 Å². The van der Waals surface area contributed by atoms with E-state index in [1.807, 2.05) is 18.7 Å². The Morgan fingerprint density at radius 2 is 1.69 bits per heavy atom. The number of rotatable bonds is 13. The van der Waals surface area contributed by atoms with Gasteiger partial charge in [-0.05, 0) is 106 Å². The van der Waals surface area contributed by atoms with Crippen molar-refractivity contribution in [3.8, 4) is 11.1 Å². The average Bonchev–Trinajstić information content (AvgIpc) is 2.96. The molecule has 0 spiro atoms. The predicted molar refractivity (Wildman–Crippen MR) is 180 cm³/mol. The fourth-order valence-electron chi connectivity index (χ4n) is 6.61. The maximum Gasteiger partial charge on any atom is 0.308 e. The highest BCUT2D eigenvalue weighted by molar-refractivity contribution is 5.82. The van der Waals surface area contributed by atoms with Crippen molar-refractivity contribution in [3.63, 3.8) is 0 Å². The number of alkyl halides is 1. The Balaban J connectivity index is 1.73. The van der Waals surface area contributed by atoms with Gasteiger partial charge in [-0.2, -0.15) is 0 Å². The Hall–Kier alpha value is -3.99. The number of amides is 1. The third-order valence-corrected chi connectivity index (χ3v) is 8.70. The molecular weight excluding hydrogens is 621 g/mol. The Kier molecular flexibility index (Phi) is 11.6. The molecule has 48 heavy (non-hydrogen) atoms. The molecule has 0 radical (unpaired) electrons. The molecule has 1 saturated heterocycles. The number of aromatic nitrogens is 2. The molecule has 11 heteroatoms. The highest BCUT2D eigenvalue weighted by atomic mass is 19.1. The molecule has 8 nitrogen and oxygen atoms in total. The molecule has 1 aliphatic rings. The van der Waals surface area contributed by atoms with E-state index in [1.54, 1.807) is 59.9 Å². The van der Waals surface area contributed by atoms with Gasteiger partial charge in [-0.1, -0.05) is 13.8 Å². The molecule has 1 N–H and O–H groups in total. The van der Waals surface area contributed by atoms with Crippen molar-refractivity contribution in [2.24, 2.45) is 5.92 Å². The summed E-state index contributed by atoms with van der Waals surface area (Å²) in [6.07, 6.45) is 1.96. The molecule has 260 valence electrons. The van der Waals surface area contributed by atoms with Crippen LogP contribution in [0.2, 0.25) is 0 Å². The first-order valence-electron chi connectivity index (χ1n) is 16.5. The van der Waals surface area contributed by atoms with Crippen LogP contribution in [0, 0.1) is 45.2 Å². The Morgan fingerprint density at radius 3 is 2.27 bits per heavy atom. The van der Waals surface area contributed by atoms with E-state index < -0.39 is 41.0 Å². The maximum atomic E-state index is 16.0. The SMILES string of the molecule is CCOC(=O)C[C@H](NC(=O)[C@H](CC(C)C)n1cc(CCN2CC(C)(F)C2)nc(C)c1=O)c1cc(-c2c(C)cc(F)cc2C)cc(C)c1F. The van der Waals surface area contributed by atoms with E-state index in [1.165, 1.54) is 16.7 Å². The molecule has 2 atom stereocenters. The summed E-state index contributed by atoms with van der Waals surface area (Å²) < 4.78 is 50.7. The number of benzene rings is 2. The summed E-state index contributed by atoms with van der Waals surface area (Å²) in [5.41, 5.74) is 2.16. The number of aryl methyl sites for hydroxylation is 4. The molecule has 2 aromatic carbocycles. The fourth-order valence-corrected chi connectivity index (χ4v) is 6.61. The zero-order chi connectivity index (χ0) is 35.5. The first kappa shape index (κ1) is 36.8. The Labute approximate surface area is 280 Å². The summed E-state index contributed by atoms with van der Waals surface area (Å²) in [6.45, 7) is 15.1. The van der Waals surface area contributed by atoms with Gasteiger partial charge < -0.3 is 10.1 Å². The van der Waals surface area contributed by atoms with Crippen LogP contribution in [0.1, 0.15) is 86.3 Å². The number of ether oxygens (including phenoxy) is 1. The standard InChI is InChI=1S/C37H47F3N4O4/c1-9-48-32(45)17-30(29-16-26(13-24(6)34(29)39)33-22(4)14-27(38)15-23(33)5)42-35(46)31(12-21(2)3)44-18-28(41-25(7)36(44)47)10-11-43-19-37(8,40)20-43/h13-16,18,21,30-31H,9-12,17,19-20H2,1-8H3,(H,42,46)/t30-,31-/m0/s1. The van der Waals surface area contributed by atoms with Crippen LogP contribution in [-0.4, -0.2) is 58.2 Å². The smallest absolute Gasteiger partial charge is 0.308 e.